The van der Waals surface area contributed by atoms with E-state index in [9.17, 15) is 0 Å². The Hall–Kier alpha value is -2.40. The van der Waals surface area contributed by atoms with Gasteiger partial charge in [0.25, 0.3) is 0 Å². The van der Waals surface area contributed by atoms with Gasteiger partial charge in [0.05, 0.1) is 6.54 Å². The van der Waals surface area contributed by atoms with Gasteiger partial charge in [-0.2, -0.15) is 0 Å². The van der Waals surface area contributed by atoms with Crippen molar-refractivity contribution in [2.24, 2.45) is 4.99 Å². The van der Waals surface area contributed by atoms with Crippen LogP contribution in [0.4, 0.5) is 0 Å². The molecule has 156 valence electrons. The van der Waals surface area contributed by atoms with Crippen LogP contribution >= 0.6 is 0 Å². The van der Waals surface area contributed by atoms with Crippen LogP contribution < -0.4 is 10.6 Å². The number of guanidine groups is 1. The molecule has 0 radical (unpaired) electrons. The number of aryl methyl sites for hydroxylation is 1. The van der Waals surface area contributed by atoms with E-state index < -0.39 is 0 Å². The first-order valence-electron chi connectivity index (χ1n) is 11.0. The lowest BCUT2D eigenvalue weighted by Gasteiger charge is -2.26. The number of pyridine rings is 1. The second kappa shape index (κ2) is 11.6. The Morgan fingerprint density at radius 3 is 2.52 bits per heavy atom. The molecule has 1 fully saturated rings. The molecule has 1 aliphatic rings. The van der Waals surface area contributed by atoms with Gasteiger partial charge in [0.15, 0.2) is 5.96 Å². The maximum absolute atomic E-state index is 4.75. The first-order chi connectivity index (χ1) is 14.2. The third-order valence-corrected chi connectivity index (χ3v) is 5.47. The van der Waals surface area contributed by atoms with Crippen LogP contribution in [0, 0.1) is 6.92 Å². The van der Waals surface area contributed by atoms with Crippen molar-refractivity contribution < 1.29 is 0 Å². The summed E-state index contributed by atoms with van der Waals surface area (Å²) in [6.07, 6.45) is 8.81. The minimum atomic E-state index is 0.688. The van der Waals surface area contributed by atoms with Gasteiger partial charge in [0.1, 0.15) is 0 Å². The maximum Gasteiger partial charge on any atom is 0.191 e. The minimum Gasteiger partial charge on any atom is -0.357 e. The van der Waals surface area contributed by atoms with Gasteiger partial charge in [-0.05, 0) is 74.5 Å². The van der Waals surface area contributed by atoms with Gasteiger partial charge in [-0.1, -0.05) is 30.7 Å². The average Bonchev–Trinajstić information content (AvgIpc) is 2.75. The van der Waals surface area contributed by atoms with E-state index >= 15 is 0 Å². The fraction of sp³-hybridized carbons (Fsp3) is 0.500. The van der Waals surface area contributed by atoms with Crippen LogP contribution in [-0.2, 0) is 19.5 Å². The summed E-state index contributed by atoms with van der Waals surface area (Å²) in [5, 5.41) is 6.78. The van der Waals surface area contributed by atoms with Crippen molar-refractivity contribution in [1.82, 2.24) is 20.5 Å². The van der Waals surface area contributed by atoms with Crippen LogP contribution in [0.25, 0.3) is 0 Å². The molecule has 0 spiro atoms. The molecule has 2 N–H and O–H groups in total. The Labute approximate surface area is 175 Å². The zero-order chi connectivity index (χ0) is 20.3. The first kappa shape index (κ1) is 21.3. The van der Waals surface area contributed by atoms with Crippen LogP contribution in [0.3, 0.4) is 0 Å². The third kappa shape index (κ3) is 7.17. The van der Waals surface area contributed by atoms with Crippen molar-refractivity contribution in [3.05, 3.63) is 65.0 Å². The number of likely N-dealkylation sites (tertiary alicyclic amines) is 1. The summed E-state index contributed by atoms with van der Waals surface area (Å²) in [5.41, 5.74) is 5.21. The van der Waals surface area contributed by atoms with Gasteiger partial charge >= 0.3 is 0 Å². The molecule has 0 atom stereocenters. The quantitative estimate of drug-likeness (QED) is 0.531. The number of nitrogens with one attached hydrogen (secondary N) is 2. The summed E-state index contributed by atoms with van der Waals surface area (Å²) in [4.78, 5) is 11.5. The molecule has 5 nitrogen and oxygen atoms in total. The zero-order valence-corrected chi connectivity index (χ0v) is 18.0. The summed E-state index contributed by atoms with van der Waals surface area (Å²) >= 11 is 0. The number of rotatable bonds is 8. The second-order valence-corrected chi connectivity index (χ2v) is 7.83. The lowest BCUT2D eigenvalue weighted by molar-refractivity contribution is 0.221. The van der Waals surface area contributed by atoms with Gasteiger partial charge in [-0.15, -0.1) is 0 Å². The molecule has 1 aliphatic heterocycles. The number of benzene rings is 1. The number of piperidine rings is 1. The maximum atomic E-state index is 4.75. The van der Waals surface area contributed by atoms with E-state index in [1.807, 2.05) is 12.4 Å². The lowest BCUT2D eigenvalue weighted by Crippen LogP contribution is -2.38. The van der Waals surface area contributed by atoms with E-state index in [4.69, 9.17) is 4.99 Å². The molecule has 0 saturated carbocycles. The smallest absolute Gasteiger partial charge is 0.191 e. The molecule has 2 heterocycles. The Morgan fingerprint density at radius 1 is 1.03 bits per heavy atom. The van der Waals surface area contributed by atoms with Crippen molar-refractivity contribution in [3.63, 3.8) is 0 Å². The van der Waals surface area contributed by atoms with Crippen LogP contribution in [0.2, 0.25) is 0 Å². The molecule has 3 rings (SSSR count). The molecule has 0 bridgehead atoms. The Balaban J connectivity index is 1.49. The molecule has 1 aromatic heterocycles. The van der Waals surface area contributed by atoms with Crippen molar-refractivity contribution >= 4 is 5.96 Å². The van der Waals surface area contributed by atoms with E-state index in [2.05, 4.69) is 64.7 Å². The zero-order valence-electron chi connectivity index (χ0n) is 18.0. The third-order valence-electron chi connectivity index (χ3n) is 5.47. The molecule has 0 aliphatic carbocycles. The van der Waals surface area contributed by atoms with Gasteiger partial charge in [0, 0.05) is 32.0 Å². The molecule has 29 heavy (non-hydrogen) atoms. The van der Waals surface area contributed by atoms with Gasteiger partial charge in [-0.25, -0.2) is 4.99 Å². The van der Waals surface area contributed by atoms with Crippen LogP contribution in [0.1, 0.15) is 48.4 Å². The van der Waals surface area contributed by atoms with Gasteiger partial charge in [0.2, 0.25) is 0 Å². The molecule has 1 saturated heterocycles. The monoisotopic (exact) mass is 393 g/mol. The van der Waals surface area contributed by atoms with E-state index in [1.165, 1.54) is 54.6 Å². The SMILES string of the molecule is CCNC(=NCc1ccc(CN2CCCCC2)cc1)NCCc1ccncc1C. The van der Waals surface area contributed by atoms with Crippen molar-refractivity contribution in [3.8, 4) is 0 Å². The molecule has 0 amide bonds. The normalized spacial score (nSPS) is 15.3. The number of aromatic nitrogens is 1. The molecular weight excluding hydrogens is 358 g/mol. The van der Waals surface area contributed by atoms with E-state index in [-0.39, 0.29) is 0 Å². The Morgan fingerprint density at radius 2 is 1.79 bits per heavy atom. The highest BCUT2D eigenvalue weighted by molar-refractivity contribution is 5.79. The highest BCUT2D eigenvalue weighted by atomic mass is 15.2. The number of nitrogens with zero attached hydrogens (tertiary/aromatic N) is 3. The van der Waals surface area contributed by atoms with Gasteiger partial charge in [-0.3, -0.25) is 9.88 Å². The van der Waals surface area contributed by atoms with Crippen LogP contribution in [-0.4, -0.2) is 42.0 Å². The molecular formula is C24H35N5. The lowest BCUT2D eigenvalue weighted by atomic mass is 10.1. The largest absolute Gasteiger partial charge is 0.357 e. The molecule has 0 unspecified atom stereocenters. The average molecular weight is 394 g/mol. The minimum absolute atomic E-state index is 0.688. The predicted molar refractivity (Wildman–Crippen MR) is 121 cm³/mol. The topological polar surface area (TPSA) is 52.6 Å². The summed E-state index contributed by atoms with van der Waals surface area (Å²) in [7, 11) is 0. The standard InChI is InChI=1S/C24H35N5/c1-3-26-24(27-14-12-23-11-13-25-17-20(23)2)28-18-21-7-9-22(10-8-21)19-29-15-5-4-6-16-29/h7-11,13,17H,3-6,12,14-16,18-19H2,1-2H3,(H2,26,27,28). The number of hydrogen-bond donors (Lipinski definition) is 2. The number of hydrogen-bond acceptors (Lipinski definition) is 3. The summed E-state index contributed by atoms with van der Waals surface area (Å²) in [6.45, 7) is 10.2. The summed E-state index contributed by atoms with van der Waals surface area (Å²) < 4.78 is 0. The second-order valence-electron chi connectivity index (χ2n) is 7.83. The molecule has 2 aromatic rings. The van der Waals surface area contributed by atoms with E-state index in [0.717, 1.165) is 32.0 Å². The Bertz CT molecular complexity index is 763. The fourth-order valence-corrected chi connectivity index (χ4v) is 3.74. The van der Waals surface area contributed by atoms with Gasteiger partial charge < -0.3 is 10.6 Å². The highest BCUT2D eigenvalue weighted by Crippen LogP contribution is 2.14. The van der Waals surface area contributed by atoms with Crippen LogP contribution in [0.5, 0.6) is 0 Å². The summed E-state index contributed by atoms with van der Waals surface area (Å²) in [6, 6.07) is 11.0. The van der Waals surface area contributed by atoms with Crippen LogP contribution in [0.15, 0.2) is 47.7 Å². The van der Waals surface area contributed by atoms with E-state index in [0.29, 0.717) is 6.54 Å². The fourth-order valence-electron chi connectivity index (χ4n) is 3.74. The number of aliphatic imine (C=N–C) groups is 1. The molecule has 1 aromatic carbocycles. The van der Waals surface area contributed by atoms with Crippen molar-refractivity contribution in [1.29, 1.82) is 0 Å². The van der Waals surface area contributed by atoms with E-state index in [1.54, 1.807) is 0 Å². The van der Waals surface area contributed by atoms with Crippen molar-refractivity contribution in [2.45, 2.75) is 52.6 Å². The Kier molecular flexibility index (Phi) is 8.50. The highest BCUT2D eigenvalue weighted by Gasteiger charge is 2.10. The first-order valence-corrected chi connectivity index (χ1v) is 11.0. The summed E-state index contributed by atoms with van der Waals surface area (Å²) in [5.74, 6) is 0.872. The predicted octanol–water partition coefficient (Wildman–Crippen LogP) is 3.67. The van der Waals surface area contributed by atoms with Crippen molar-refractivity contribution in [2.75, 3.05) is 26.2 Å². The molecule has 5 heteroatoms.